The average molecular weight is 443 g/mol. The Bertz CT molecular complexity index is 1080. The molecule has 0 saturated carbocycles. The van der Waals surface area contributed by atoms with Crippen LogP contribution < -0.4 is 10.6 Å². The molecule has 0 radical (unpaired) electrons. The first-order chi connectivity index (χ1) is 15.4. The number of nitrogens with zero attached hydrogens (tertiary/aromatic N) is 1. The Balaban J connectivity index is 1.38. The molecule has 0 bridgehead atoms. The minimum Gasteiger partial charge on any atom is -0.456 e. The van der Waals surface area contributed by atoms with Crippen LogP contribution in [0.4, 0.5) is 13.6 Å². The Morgan fingerprint density at radius 2 is 1.72 bits per heavy atom. The van der Waals surface area contributed by atoms with Crippen molar-refractivity contribution in [2.75, 3.05) is 6.61 Å². The summed E-state index contributed by atoms with van der Waals surface area (Å²) >= 11 is 0. The maximum absolute atomic E-state index is 13.8. The number of ether oxygens (including phenoxy) is 1. The van der Waals surface area contributed by atoms with Gasteiger partial charge in [0, 0.05) is 13.0 Å². The number of benzene rings is 2. The van der Waals surface area contributed by atoms with E-state index in [4.69, 9.17) is 9.15 Å². The summed E-state index contributed by atoms with van der Waals surface area (Å²) < 4.78 is 37.7. The first-order valence-corrected chi connectivity index (χ1v) is 9.58. The highest BCUT2D eigenvalue weighted by Gasteiger charge is 2.17. The number of halogens is 2. The first kappa shape index (κ1) is 22.6. The van der Waals surface area contributed by atoms with Crippen LogP contribution in [0, 0.1) is 11.6 Å². The Morgan fingerprint density at radius 3 is 2.44 bits per heavy atom. The molecule has 0 fully saturated rings. The van der Waals surface area contributed by atoms with E-state index < -0.39 is 36.1 Å². The maximum atomic E-state index is 13.8. The number of imide groups is 1. The van der Waals surface area contributed by atoms with Gasteiger partial charge in [0.15, 0.2) is 18.3 Å². The van der Waals surface area contributed by atoms with Crippen LogP contribution >= 0.6 is 0 Å². The number of carbonyl (C=O) groups is 3. The zero-order valence-electron chi connectivity index (χ0n) is 16.8. The zero-order valence-corrected chi connectivity index (χ0v) is 16.8. The summed E-state index contributed by atoms with van der Waals surface area (Å²) in [6, 6.07) is 11.8. The molecule has 8 nitrogen and oxygen atoms in total. The molecule has 3 rings (SSSR count). The third kappa shape index (κ3) is 6.46. The SMILES string of the molecule is O=C(COC(=O)CCc1ncc(-c2c(F)cccc2F)o1)NC(=O)NCc1ccccc1. The Morgan fingerprint density at radius 1 is 1.00 bits per heavy atom. The smallest absolute Gasteiger partial charge is 0.321 e. The van der Waals surface area contributed by atoms with Crippen molar-refractivity contribution in [2.24, 2.45) is 0 Å². The molecule has 1 heterocycles. The van der Waals surface area contributed by atoms with E-state index >= 15 is 0 Å². The summed E-state index contributed by atoms with van der Waals surface area (Å²) in [4.78, 5) is 39.1. The summed E-state index contributed by atoms with van der Waals surface area (Å²) in [5, 5.41) is 4.55. The molecule has 32 heavy (non-hydrogen) atoms. The minimum absolute atomic E-state index is 0.00587. The quantitative estimate of drug-likeness (QED) is 0.518. The number of rotatable bonds is 8. The third-order valence-electron chi connectivity index (χ3n) is 4.22. The number of nitrogens with one attached hydrogen (secondary N) is 2. The van der Waals surface area contributed by atoms with Crippen molar-refractivity contribution in [2.45, 2.75) is 19.4 Å². The van der Waals surface area contributed by atoms with Crippen molar-refractivity contribution in [3.05, 3.63) is 77.8 Å². The molecule has 0 aliphatic heterocycles. The summed E-state index contributed by atoms with van der Waals surface area (Å²) in [6.07, 6.45) is 0.963. The van der Waals surface area contributed by atoms with Gasteiger partial charge in [0.25, 0.3) is 5.91 Å². The highest BCUT2D eigenvalue weighted by Crippen LogP contribution is 2.26. The van der Waals surface area contributed by atoms with Crippen LogP contribution in [0.25, 0.3) is 11.3 Å². The van der Waals surface area contributed by atoms with Crippen LogP contribution in [0.3, 0.4) is 0 Å². The molecule has 166 valence electrons. The fourth-order valence-electron chi connectivity index (χ4n) is 2.69. The van der Waals surface area contributed by atoms with Crippen molar-refractivity contribution in [1.29, 1.82) is 0 Å². The topological polar surface area (TPSA) is 111 Å². The van der Waals surface area contributed by atoms with Gasteiger partial charge >= 0.3 is 12.0 Å². The number of aromatic nitrogens is 1. The predicted octanol–water partition coefficient (Wildman–Crippen LogP) is 3.12. The summed E-state index contributed by atoms with van der Waals surface area (Å²) in [5.41, 5.74) is 0.505. The lowest BCUT2D eigenvalue weighted by Crippen LogP contribution is -2.41. The lowest BCUT2D eigenvalue weighted by Gasteiger charge is -2.07. The van der Waals surface area contributed by atoms with Gasteiger partial charge in [-0.25, -0.2) is 18.6 Å². The van der Waals surface area contributed by atoms with Crippen LogP contribution in [0.2, 0.25) is 0 Å². The number of amides is 3. The monoisotopic (exact) mass is 443 g/mol. The van der Waals surface area contributed by atoms with Crippen molar-refractivity contribution >= 4 is 17.9 Å². The van der Waals surface area contributed by atoms with Gasteiger partial charge in [0.2, 0.25) is 0 Å². The van der Waals surface area contributed by atoms with E-state index in [-0.39, 0.29) is 36.6 Å². The molecule has 0 aliphatic rings. The molecule has 0 aliphatic carbocycles. The number of hydrogen-bond acceptors (Lipinski definition) is 6. The molecule has 2 aromatic carbocycles. The summed E-state index contributed by atoms with van der Waals surface area (Å²) in [7, 11) is 0. The highest BCUT2D eigenvalue weighted by atomic mass is 19.1. The van der Waals surface area contributed by atoms with Crippen LogP contribution in [0.1, 0.15) is 17.9 Å². The average Bonchev–Trinajstić information content (AvgIpc) is 3.24. The number of esters is 1. The molecule has 2 N–H and O–H groups in total. The Hall–Kier alpha value is -4.08. The second-order valence-electron chi connectivity index (χ2n) is 6.59. The number of urea groups is 1. The van der Waals surface area contributed by atoms with E-state index in [1.54, 1.807) is 0 Å². The van der Waals surface area contributed by atoms with E-state index in [9.17, 15) is 23.2 Å². The second kappa shape index (κ2) is 10.8. The number of aryl methyl sites for hydroxylation is 1. The number of oxazole rings is 1. The zero-order chi connectivity index (χ0) is 22.9. The fraction of sp³-hybridized carbons (Fsp3) is 0.182. The number of carbonyl (C=O) groups excluding carboxylic acids is 3. The van der Waals surface area contributed by atoms with Gasteiger partial charge in [0.05, 0.1) is 18.2 Å². The van der Waals surface area contributed by atoms with Crippen LogP contribution in [0.15, 0.2) is 59.1 Å². The summed E-state index contributed by atoms with van der Waals surface area (Å²) in [5.74, 6) is -3.16. The van der Waals surface area contributed by atoms with Crippen LogP contribution in [-0.2, 0) is 27.3 Å². The van der Waals surface area contributed by atoms with Gasteiger partial charge in [-0.3, -0.25) is 14.9 Å². The largest absolute Gasteiger partial charge is 0.456 e. The van der Waals surface area contributed by atoms with Crippen molar-refractivity contribution in [3.8, 4) is 11.3 Å². The minimum atomic E-state index is -0.800. The van der Waals surface area contributed by atoms with Gasteiger partial charge in [-0.15, -0.1) is 0 Å². The normalized spacial score (nSPS) is 10.4. The maximum Gasteiger partial charge on any atom is 0.321 e. The summed E-state index contributed by atoms with van der Waals surface area (Å²) in [6.45, 7) is -0.413. The van der Waals surface area contributed by atoms with E-state index in [0.29, 0.717) is 0 Å². The van der Waals surface area contributed by atoms with Crippen LogP contribution in [0.5, 0.6) is 0 Å². The number of hydrogen-bond donors (Lipinski definition) is 2. The second-order valence-corrected chi connectivity index (χ2v) is 6.59. The lowest BCUT2D eigenvalue weighted by molar-refractivity contribution is -0.148. The Kier molecular flexibility index (Phi) is 7.63. The van der Waals surface area contributed by atoms with E-state index in [0.717, 1.165) is 23.9 Å². The van der Waals surface area contributed by atoms with Crippen LogP contribution in [-0.4, -0.2) is 29.5 Å². The molecule has 0 spiro atoms. The molecule has 0 saturated heterocycles. The Labute approximate surface area is 181 Å². The first-order valence-electron chi connectivity index (χ1n) is 9.58. The third-order valence-corrected chi connectivity index (χ3v) is 4.22. The molecule has 1 aromatic heterocycles. The fourth-order valence-corrected chi connectivity index (χ4v) is 2.69. The van der Waals surface area contributed by atoms with E-state index in [2.05, 4.69) is 10.3 Å². The molecule has 0 unspecified atom stereocenters. The lowest BCUT2D eigenvalue weighted by atomic mass is 10.1. The van der Waals surface area contributed by atoms with E-state index in [1.807, 2.05) is 35.6 Å². The standard InChI is InChI=1S/C22H19F2N3O5/c23-15-7-4-8-16(24)21(15)17-12-25-19(32-17)9-10-20(29)31-13-18(28)27-22(30)26-11-14-5-2-1-3-6-14/h1-8,12H,9-11,13H2,(H2,26,27,28,30). The molecular weight excluding hydrogens is 424 g/mol. The van der Waals surface area contributed by atoms with Crippen molar-refractivity contribution in [3.63, 3.8) is 0 Å². The molecular formula is C22H19F2N3O5. The molecule has 0 atom stereocenters. The van der Waals surface area contributed by atoms with E-state index in [1.165, 1.54) is 6.07 Å². The highest BCUT2D eigenvalue weighted by molar-refractivity contribution is 5.95. The van der Waals surface area contributed by atoms with Gasteiger partial charge < -0.3 is 14.5 Å². The molecule has 3 aromatic rings. The molecule has 3 amide bonds. The van der Waals surface area contributed by atoms with Crippen molar-refractivity contribution < 1.29 is 32.3 Å². The van der Waals surface area contributed by atoms with Crippen molar-refractivity contribution in [1.82, 2.24) is 15.6 Å². The van der Waals surface area contributed by atoms with Gasteiger partial charge in [-0.1, -0.05) is 36.4 Å². The molecule has 10 heteroatoms. The van der Waals surface area contributed by atoms with Gasteiger partial charge in [-0.05, 0) is 17.7 Å². The van der Waals surface area contributed by atoms with Gasteiger partial charge in [0.1, 0.15) is 11.6 Å². The predicted molar refractivity (Wildman–Crippen MR) is 108 cm³/mol. The van der Waals surface area contributed by atoms with Gasteiger partial charge in [-0.2, -0.15) is 0 Å².